The largest absolute Gasteiger partial charge is 0.488 e. The molecule has 3 aromatic rings. The van der Waals surface area contributed by atoms with Crippen molar-refractivity contribution in [3.8, 4) is 5.75 Å². The van der Waals surface area contributed by atoms with Crippen molar-refractivity contribution >= 4 is 34.0 Å². The lowest BCUT2D eigenvalue weighted by Gasteiger charge is -2.20. The number of nitrogens with one attached hydrogen (secondary N) is 2. The predicted octanol–water partition coefficient (Wildman–Crippen LogP) is 5.24. The Morgan fingerprint density at radius 3 is 2.38 bits per heavy atom. The quantitative estimate of drug-likeness (QED) is 0.298. The third-order valence-electron chi connectivity index (χ3n) is 5.13. The first kappa shape index (κ1) is 25.2. The summed E-state index contributed by atoms with van der Waals surface area (Å²) in [7, 11) is 0. The molecule has 1 atom stereocenters. The first-order valence-electron chi connectivity index (χ1n) is 11.0. The van der Waals surface area contributed by atoms with Gasteiger partial charge in [-0.05, 0) is 70.2 Å². The van der Waals surface area contributed by atoms with Gasteiger partial charge in [0.25, 0.3) is 11.8 Å². The minimum absolute atomic E-state index is 0.109. The van der Waals surface area contributed by atoms with E-state index in [2.05, 4.69) is 43.9 Å². The van der Waals surface area contributed by atoms with Crippen LogP contribution in [0.4, 0.5) is 0 Å². The van der Waals surface area contributed by atoms with E-state index >= 15 is 0 Å². The summed E-state index contributed by atoms with van der Waals surface area (Å²) >= 11 is 3.52. The summed E-state index contributed by atoms with van der Waals surface area (Å²) in [6.45, 7) is 6.25. The molecule has 1 unspecified atom stereocenters. The van der Waals surface area contributed by atoms with Gasteiger partial charge in [0.2, 0.25) is 0 Å². The second kappa shape index (κ2) is 12.1. The Bertz CT molecular complexity index is 1150. The third-order valence-corrected chi connectivity index (χ3v) is 5.75. The number of amides is 2. The van der Waals surface area contributed by atoms with Crippen molar-refractivity contribution in [1.82, 2.24) is 10.7 Å². The standard InChI is InChI=1S/C27H28BrN3O3/c1-18(2)25(30-26(32)22-7-5-4-6-8-22)27(33)31-29-16-21-13-14-24(23(28)15-21)34-17-20-11-9-19(3)10-12-20/h4-16,18,25H,17H2,1-3H3,(H,30,32)(H,31,33). The van der Waals surface area contributed by atoms with Crippen LogP contribution in [0.15, 0.2) is 82.4 Å². The minimum atomic E-state index is -0.714. The van der Waals surface area contributed by atoms with Crippen molar-refractivity contribution in [3.05, 3.63) is 99.5 Å². The molecule has 0 bridgehead atoms. The van der Waals surface area contributed by atoms with Crippen molar-refractivity contribution in [2.24, 2.45) is 11.0 Å². The number of benzene rings is 3. The van der Waals surface area contributed by atoms with Crippen LogP contribution in [0.1, 0.15) is 40.9 Å². The van der Waals surface area contributed by atoms with Crippen LogP contribution in [0, 0.1) is 12.8 Å². The van der Waals surface area contributed by atoms with Crippen LogP contribution in [0.2, 0.25) is 0 Å². The predicted molar refractivity (Wildman–Crippen MR) is 138 cm³/mol. The summed E-state index contributed by atoms with van der Waals surface area (Å²) in [5, 5.41) is 6.84. The number of hydrogen-bond acceptors (Lipinski definition) is 4. The van der Waals surface area contributed by atoms with Crippen molar-refractivity contribution < 1.29 is 14.3 Å². The number of aryl methyl sites for hydroxylation is 1. The number of hydrogen-bond donors (Lipinski definition) is 2. The zero-order valence-corrected chi connectivity index (χ0v) is 21.0. The number of rotatable bonds is 9. The van der Waals surface area contributed by atoms with Crippen LogP contribution in [0.3, 0.4) is 0 Å². The van der Waals surface area contributed by atoms with E-state index in [0.717, 1.165) is 15.6 Å². The topological polar surface area (TPSA) is 79.8 Å². The van der Waals surface area contributed by atoms with Gasteiger partial charge >= 0.3 is 0 Å². The molecule has 2 amide bonds. The Hall–Kier alpha value is -3.45. The van der Waals surface area contributed by atoms with E-state index in [0.29, 0.717) is 17.9 Å². The van der Waals surface area contributed by atoms with E-state index in [-0.39, 0.29) is 17.7 Å². The molecule has 0 saturated heterocycles. The number of carbonyl (C=O) groups is 2. The number of halogens is 1. The first-order chi connectivity index (χ1) is 16.3. The summed E-state index contributed by atoms with van der Waals surface area (Å²) < 4.78 is 6.67. The molecule has 0 fully saturated rings. The third kappa shape index (κ3) is 7.28. The van der Waals surface area contributed by atoms with Crippen molar-refractivity contribution in [2.75, 3.05) is 0 Å². The van der Waals surface area contributed by atoms with Gasteiger partial charge in [-0.3, -0.25) is 9.59 Å². The highest BCUT2D eigenvalue weighted by molar-refractivity contribution is 9.10. The summed E-state index contributed by atoms with van der Waals surface area (Å²) in [6.07, 6.45) is 1.54. The Kier molecular flexibility index (Phi) is 8.99. The van der Waals surface area contributed by atoms with Crippen molar-refractivity contribution in [2.45, 2.75) is 33.4 Å². The lowest BCUT2D eigenvalue weighted by Crippen LogP contribution is -2.48. The Morgan fingerprint density at radius 2 is 1.74 bits per heavy atom. The molecule has 3 aromatic carbocycles. The van der Waals surface area contributed by atoms with Crippen LogP contribution in [0.25, 0.3) is 0 Å². The Balaban J connectivity index is 1.56. The monoisotopic (exact) mass is 521 g/mol. The van der Waals surface area contributed by atoms with E-state index in [9.17, 15) is 9.59 Å². The fraction of sp³-hybridized carbons (Fsp3) is 0.222. The maximum Gasteiger partial charge on any atom is 0.262 e. The molecule has 6 nitrogen and oxygen atoms in total. The molecule has 0 aliphatic carbocycles. The molecule has 0 radical (unpaired) electrons. The van der Waals surface area contributed by atoms with E-state index < -0.39 is 6.04 Å². The van der Waals surface area contributed by atoms with E-state index in [1.165, 1.54) is 5.56 Å². The highest BCUT2D eigenvalue weighted by Crippen LogP contribution is 2.26. The molecule has 0 aromatic heterocycles. The molecule has 0 aliphatic rings. The molecule has 34 heavy (non-hydrogen) atoms. The van der Waals surface area contributed by atoms with Gasteiger partial charge in [0.15, 0.2) is 0 Å². The molecule has 7 heteroatoms. The maximum atomic E-state index is 12.6. The molecule has 176 valence electrons. The van der Waals surface area contributed by atoms with Crippen LogP contribution in [-0.2, 0) is 11.4 Å². The molecule has 0 spiro atoms. The SMILES string of the molecule is Cc1ccc(COc2ccc(C=NNC(=O)C(NC(=O)c3ccccc3)C(C)C)cc2Br)cc1. The molecule has 0 heterocycles. The van der Waals surface area contributed by atoms with E-state index in [1.54, 1.807) is 30.5 Å². The van der Waals surface area contributed by atoms with Gasteiger partial charge in [-0.1, -0.05) is 61.9 Å². The first-order valence-corrected chi connectivity index (χ1v) is 11.8. The van der Waals surface area contributed by atoms with Crippen molar-refractivity contribution in [3.63, 3.8) is 0 Å². The highest BCUT2D eigenvalue weighted by Gasteiger charge is 2.24. The summed E-state index contributed by atoms with van der Waals surface area (Å²) in [6, 6.07) is 21.8. The fourth-order valence-electron chi connectivity index (χ4n) is 3.15. The van der Waals surface area contributed by atoms with Crippen LogP contribution < -0.4 is 15.5 Å². The summed E-state index contributed by atoms with van der Waals surface area (Å²) in [4.78, 5) is 25.1. The van der Waals surface area contributed by atoms with Gasteiger partial charge in [-0.25, -0.2) is 5.43 Å². The van der Waals surface area contributed by atoms with Gasteiger partial charge in [0, 0.05) is 5.56 Å². The number of ether oxygens (including phenoxy) is 1. The van der Waals surface area contributed by atoms with Crippen LogP contribution in [-0.4, -0.2) is 24.1 Å². The summed E-state index contributed by atoms with van der Waals surface area (Å²) in [5.41, 5.74) is 6.10. The van der Waals surface area contributed by atoms with Gasteiger partial charge < -0.3 is 10.1 Å². The number of carbonyl (C=O) groups excluding carboxylic acids is 2. The lowest BCUT2D eigenvalue weighted by molar-refractivity contribution is -0.123. The van der Waals surface area contributed by atoms with E-state index in [1.807, 2.05) is 57.2 Å². The second-order valence-corrected chi connectivity index (χ2v) is 9.11. The fourth-order valence-corrected chi connectivity index (χ4v) is 3.66. The average Bonchev–Trinajstić information content (AvgIpc) is 2.83. The molecular weight excluding hydrogens is 494 g/mol. The van der Waals surface area contributed by atoms with Crippen LogP contribution in [0.5, 0.6) is 5.75 Å². The van der Waals surface area contributed by atoms with Crippen LogP contribution >= 0.6 is 15.9 Å². The minimum Gasteiger partial charge on any atom is -0.488 e. The molecule has 0 aliphatic heterocycles. The van der Waals surface area contributed by atoms with E-state index in [4.69, 9.17) is 4.74 Å². The lowest BCUT2D eigenvalue weighted by atomic mass is 10.0. The van der Waals surface area contributed by atoms with Gasteiger partial charge in [0.1, 0.15) is 18.4 Å². The smallest absolute Gasteiger partial charge is 0.262 e. The Labute approximate surface area is 208 Å². The summed E-state index contributed by atoms with van der Waals surface area (Å²) in [5.74, 6) is -0.0801. The van der Waals surface area contributed by atoms with Gasteiger partial charge in [0.05, 0.1) is 10.7 Å². The molecular formula is C27H28BrN3O3. The molecule has 2 N–H and O–H groups in total. The average molecular weight is 522 g/mol. The van der Waals surface area contributed by atoms with Gasteiger partial charge in [-0.2, -0.15) is 5.10 Å². The Morgan fingerprint density at radius 1 is 1.03 bits per heavy atom. The van der Waals surface area contributed by atoms with Gasteiger partial charge in [-0.15, -0.1) is 0 Å². The zero-order chi connectivity index (χ0) is 24.5. The highest BCUT2D eigenvalue weighted by atomic mass is 79.9. The number of nitrogens with zero attached hydrogens (tertiary/aromatic N) is 1. The number of hydrazone groups is 1. The molecule has 3 rings (SSSR count). The molecule has 0 saturated carbocycles. The normalized spacial score (nSPS) is 11.9. The maximum absolute atomic E-state index is 12.6. The second-order valence-electron chi connectivity index (χ2n) is 8.26. The zero-order valence-electron chi connectivity index (χ0n) is 19.4. The van der Waals surface area contributed by atoms with Crippen molar-refractivity contribution in [1.29, 1.82) is 0 Å².